The SMILES string of the molecule is CC1CCCN(C(=O)NCCOC(N)=O)C1. The third-order valence-corrected chi connectivity index (χ3v) is 2.57. The number of carbonyl (C=O) groups is 2. The van der Waals surface area contributed by atoms with Gasteiger partial charge in [0.1, 0.15) is 6.61 Å². The zero-order chi connectivity index (χ0) is 12.0. The van der Waals surface area contributed by atoms with E-state index in [9.17, 15) is 9.59 Å². The van der Waals surface area contributed by atoms with Crippen LogP contribution in [0.15, 0.2) is 0 Å². The van der Waals surface area contributed by atoms with Gasteiger partial charge in [-0.2, -0.15) is 0 Å². The number of urea groups is 1. The molecule has 0 saturated carbocycles. The molecular weight excluding hydrogens is 210 g/mol. The first-order valence-corrected chi connectivity index (χ1v) is 5.54. The summed E-state index contributed by atoms with van der Waals surface area (Å²) in [5.74, 6) is 0.557. The lowest BCUT2D eigenvalue weighted by molar-refractivity contribution is 0.149. The maximum Gasteiger partial charge on any atom is 0.404 e. The van der Waals surface area contributed by atoms with Crippen LogP contribution in [0.25, 0.3) is 0 Å². The van der Waals surface area contributed by atoms with E-state index < -0.39 is 6.09 Å². The fraction of sp³-hybridized carbons (Fsp3) is 0.800. The van der Waals surface area contributed by atoms with E-state index >= 15 is 0 Å². The number of primary amides is 1. The van der Waals surface area contributed by atoms with E-state index in [2.05, 4.69) is 17.0 Å². The predicted octanol–water partition coefficient (Wildman–Crippen LogP) is 0.523. The lowest BCUT2D eigenvalue weighted by Gasteiger charge is -2.30. The van der Waals surface area contributed by atoms with E-state index in [1.165, 1.54) is 6.42 Å². The van der Waals surface area contributed by atoms with Crippen molar-refractivity contribution in [2.24, 2.45) is 11.7 Å². The summed E-state index contributed by atoms with van der Waals surface area (Å²) in [6.07, 6.45) is 1.40. The van der Waals surface area contributed by atoms with Crippen LogP contribution in [-0.4, -0.2) is 43.3 Å². The summed E-state index contributed by atoms with van der Waals surface area (Å²) in [6, 6.07) is -0.0976. The Hall–Kier alpha value is -1.46. The molecule has 0 bridgehead atoms. The molecule has 1 atom stereocenters. The maximum atomic E-state index is 11.6. The number of likely N-dealkylation sites (tertiary alicyclic amines) is 1. The zero-order valence-corrected chi connectivity index (χ0v) is 9.57. The van der Waals surface area contributed by atoms with Crippen LogP contribution in [0.4, 0.5) is 9.59 Å². The van der Waals surface area contributed by atoms with Gasteiger partial charge in [-0.15, -0.1) is 0 Å². The minimum Gasteiger partial charge on any atom is -0.448 e. The van der Waals surface area contributed by atoms with E-state index in [0.717, 1.165) is 19.5 Å². The summed E-state index contributed by atoms with van der Waals surface area (Å²) < 4.78 is 4.51. The molecule has 1 saturated heterocycles. The van der Waals surface area contributed by atoms with Gasteiger partial charge in [0, 0.05) is 13.1 Å². The minimum atomic E-state index is -0.819. The highest BCUT2D eigenvalue weighted by atomic mass is 16.5. The van der Waals surface area contributed by atoms with Crippen molar-refractivity contribution in [3.8, 4) is 0 Å². The molecule has 1 unspecified atom stereocenters. The molecule has 0 radical (unpaired) electrons. The number of nitrogens with two attached hydrogens (primary N) is 1. The third-order valence-electron chi connectivity index (χ3n) is 2.57. The molecule has 0 aromatic rings. The van der Waals surface area contributed by atoms with Crippen LogP contribution in [0, 0.1) is 5.92 Å². The van der Waals surface area contributed by atoms with Crippen molar-refractivity contribution in [3.63, 3.8) is 0 Å². The van der Waals surface area contributed by atoms with Crippen LogP contribution >= 0.6 is 0 Å². The lowest BCUT2D eigenvalue weighted by atomic mass is 10.0. The average Bonchev–Trinajstić information content (AvgIpc) is 2.24. The van der Waals surface area contributed by atoms with Gasteiger partial charge >= 0.3 is 12.1 Å². The van der Waals surface area contributed by atoms with Crippen molar-refractivity contribution < 1.29 is 14.3 Å². The number of ether oxygens (including phenoxy) is 1. The van der Waals surface area contributed by atoms with E-state index in [4.69, 9.17) is 5.73 Å². The molecule has 1 aliphatic heterocycles. The molecular formula is C10H19N3O3. The Morgan fingerprint density at radius 1 is 1.56 bits per heavy atom. The van der Waals surface area contributed by atoms with Crippen LogP contribution in [0.2, 0.25) is 0 Å². The molecule has 3 amide bonds. The van der Waals surface area contributed by atoms with Crippen molar-refractivity contribution >= 4 is 12.1 Å². The van der Waals surface area contributed by atoms with E-state index in [1.54, 1.807) is 4.90 Å². The van der Waals surface area contributed by atoms with Gasteiger partial charge in [0.2, 0.25) is 0 Å². The first-order chi connectivity index (χ1) is 7.59. The molecule has 0 aromatic carbocycles. The van der Waals surface area contributed by atoms with Crippen molar-refractivity contribution in [1.29, 1.82) is 0 Å². The number of nitrogens with zero attached hydrogens (tertiary/aromatic N) is 1. The molecule has 6 heteroatoms. The van der Waals surface area contributed by atoms with Crippen LogP contribution in [0.1, 0.15) is 19.8 Å². The Labute approximate surface area is 95.1 Å². The van der Waals surface area contributed by atoms with E-state index in [1.807, 2.05) is 0 Å². The average molecular weight is 229 g/mol. The van der Waals surface area contributed by atoms with Gasteiger partial charge < -0.3 is 20.7 Å². The summed E-state index contributed by atoms with van der Waals surface area (Å²) in [4.78, 5) is 23.7. The summed E-state index contributed by atoms with van der Waals surface area (Å²) in [5.41, 5.74) is 4.79. The number of hydrogen-bond donors (Lipinski definition) is 2. The molecule has 1 aliphatic rings. The van der Waals surface area contributed by atoms with Gasteiger partial charge in [-0.25, -0.2) is 9.59 Å². The number of nitrogens with one attached hydrogen (secondary N) is 1. The summed E-state index contributed by atoms with van der Waals surface area (Å²) in [5, 5.41) is 2.68. The molecule has 1 fully saturated rings. The molecule has 0 spiro atoms. The minimum absolute atomic E-state index is 0.0976. The van der Waals surface area contributed by atoms with Crippen LogP contribution in [0.3, 0.4) is 0 Å². The highest BCUT2D eigenvalue weighted by Crippen LogP contribution is 2.14. The van der Waals surface area contributed by atoms with Gasteiger partial charge in [0.15, 0.2) is 0 Å². The van der Waals surface area contributed by atoms with Gasteiger partial charge in [-0.05, 0) is 18.8 Å². The summed E-state index contributed by atoms with van der Waals surface area (Å²) in [6.45, 7) is 4.14. The monoisotopic (exact) mass is 229 g/mol. The van der Waals surface area contributed by atoms with Crippen LogP contribution in [0.5, 0.6) is 0 Å². The molecule has 1 heterocycles. The predicted molar refractivity (Wildman–Crippen MR) is 58.9 cm³/mol. The van der Waals surface area contributed by atoms with Crippen LogP contribution in [-0.2, 0) is 4.74 Å². The zero-order valence-electron chi connectivity index (χ0n) is 9.57. The lowest BCUT2D eigenvalue weighted by Crippen LogP contribution is -2.45. The highest BCUT2D eigenvalue weighted by Gasteiger charge is 2.20. The Kier molecular flexibility index (Phi) is 4.88. The number of carbonyl (C=O) groups excluding carboxylic acids is 2. The number of amides is 3. The first kappa shape index (κ1) is 12.6. The van der Waals surface area contributed by atoms with Crippen molar-refractivity contribution in [2.75, 3.05) is 26.2 Å². The second-order valence-corrected chi connectivity index (χ2v) is 4.09. The maximum absolute atomic E-state index is 11.6. The van der Waals surface area contributed by atoms with Crippen molar-refractivity contribution in [3.05, 3.63) is 0 Å². The molecule has 0 aliphatic carbocycles. The highest BCUT2D eigenvalue weighted by molar-refractivity contribution is 5.74. The van der Waals surface area contributed by atoms with E-state index in [-0.39, 0.29) is 12.6 Å². The molecule has 0 aromatic heterocycles. The van der Waals surface area contributed by atoms with Crippen molar-refractivity contribution in [1.82, 2.24) is 10.2 Å². The Balaban J connectivity index is 2.16. The van der Waals surface area contributed by atoms with Crippen molar-refractivity contribution in [2.45, 2.75) is 19.8 Å². The quantitative estimate of drug-likeness (QED) is 0.692. The summed E-state index contributed by atoms with van der Waals surface area (Å²) >= 11 is 0. The molecule has 6 nitrogen and oxygen atoms in total. The second-order valence-electron chi connectivity index (χ2n) is 4.09. The Morgan fingerprint density at radius 3 is 2.94 bits per heavy atom. The fourth-order valence-corrected chi connectivity index (χ4v) is 1.80. The third kappa shape index (κ3) is 4.37. The fourth-order valence-electron chi connectivity index (χ4n) is 1.80. The smallest absolute Gasteiger partial charge is 0.404 e. The standard InChI is InChI=1S/C10H19N3O3/c1-8-3-2-5-13(7-8)10(15)12-4-6-16-9(11)14/h8H,2-7H2,1H3,(H2,11,14)(H,12,15). The topological polar surface area (TPSA) is 84.7 Å². The van der Waals surface area contributed by atoms with Gasteiger partial charge in [0.05, 0.1) is 6.54 Å². The largest absolute Gasteiger partial charge is 0.448 e. The molecule has 92 valence electrons. The molecule has 1 rings (SSSR count). The number of rotatable bonds is 3. The van der Waals surface area contributed by atoms with Gasteiger partial charge in [-0.1, -0.05) is 6.92 Å². The summed E-state index contributed by atoms with van der Waals surface area (Å²) in [7, 11) is 0. The van der Waals surface area contributed by atoms with Gasteiger partial charge in [0.25, 0.3) is 0 Å². The van der Waals surface area contributed by atoms with E-state index in [0.29, 0.717) is 12.5 Å². The van der Waals surface area contributed by atoms with Crippen LogP contribution < -0.4 is 11.1 Å². The Morgan fingerprint density at radius 2 is 2.31 bits per heavy atom. The number of piperidine rings is 1. The number of hydrogen-bond acceptors (Lipinski definition) is 3. The Bertz CT molecular complexity index is 258. The molecule has 16 heavy (non-hydrogen) atoms. The second kappa shape index (κ2) is 6.19. The first-order valence-electron chi connectivity index (χ1n) is 5.54. The normalized spacial score (nSPS) is 20.3. The molecule has 3 N–H and O–H groups in total. The van der Waals surface area contributed by atoms with Gasteiger partial charge in [-0.3, -0.25) is 0 Å².